The van der Waals surface area contributed by atoms with E-state index in [0.717, 1.165) is 16.8 Å². The van der Waals surface area contributed by atoms with E-state index in [1.165, 1.54) is 12.1 Å². The second kappa shape index (κ2) is 4.30. The van der Waals surface area contributed by atoms with Gasteiger partial charge >= 0.3 is 6.09 Å². The zero-order chi connectivity index (χ0) is 12.6. The van der Waals surface area contributed by atoms with Gasteiger partial charge in [0.05, 0.1) is 12.8 Å². The number of hydrogen-bond acceptors (Lipinski definition) is 3. The normalized spacial score (nSPS) is 14.2. The first-order valence-corrected chi connectivity index (χ1v) is 5.51. The second-order valence-corrected chi connectivity index (χ2v) is 4.25. The van der Waals surface area contributed by atoms with E-state index in [2.05, 4.69) is 0 Å². The topological polar surface area (TPSA) is 32.8 Å². The van der Waals surface area contributed by atoms with Crippen LogP contribution >= 0.6 is 11.6 Å². The molecule has 17 heavy (non-hydrogen) atoms. The fourth-order valence-electron chi connectivity index (χ4n) is 1.83. The highest BCUT2D eigenvalue weighted by molar-refractivity contribution is 6.30. The molecule has 0 unspecified atom stereocenters. The van der Waals surface area contributed by atoms with E-state index in [9.17, 15) is 4.79 Å². The molecule has 5 heteroatoms. The minimum atomic E-state index is -0.424. The molecule has 0 spiro atoms. The third kappa shape index (κ3) is 1.96. The summed E-state index contributed by atoms with van der Waals surface area (Å²) >= 11 is 5.96. The van der Waals surface area contributed by atoms with E-state index in [1.54, 1.807) is 24.3 Å². The van der Waals surface area contributed by atoms with Crippen LogP contribution in [0, 0.1) is 0 Å². The van der Waals surface area contributed by atoms with Gasteiger partial charge in [0.2, 0.25) is 0 Å². The highest BCUT2D eigenvalue weighted by Gasteiger charge is 2.24. The molecule has 0 saturated carbocycles. The van der Waals surface area contributed by atoms with Gasteiger partial charge < -0.3 is 4.74 Å². The molecule has 1 heterocycles. The first-order chi connectivity index (χ1) is 8.04. The molecule has 0 radical (unpaired) electrons. The van der Waals surface area contributed by atoms with Crippen LogP contribution in [0.25, 0.3) is 5.57 Å². The van der Waals surface area contributed by atoms with Crippen molar-refractivity contribution < 1.29 is 9.53 Å². The molecule has 1 aliphatic heterocycles. The number of hydrogen-bond donors (Lipinski definition) is 0. The average molecular weight is 253 g/mol. The lowest BCUT2D eigenvalue weighted by molar-refractivity contribution is 0.138. The van der Waals surface area contributed by atoms with Crippen molar-refractivity contribution in [3.8, 4) is 0 Å². The van der Waals surface area contributed by atoms with E-state index in [4.69, 9.17) is 16.3 Å². The number of ether oxygens (including phenoxy) is 1. The van der Waals surface area contributed by atoms with Gasteiger partial charge in [-0.05, 0) is 30.7 Å². The predicted molar refractivity (Wildman–Crippen MR) is 67.8 cm³/mol. The van der Waals surface area contributed by atoms with Crippen molar-refractivity contribution in [1.29, 1.82) is 0 Å². The summed E-state index contributed by atoms with van der Waals surface area (Å²) in [6.07, 6.45) is 1.30. The van der Waals surface area contributed by atoms with E-state index >= 15 is 0 Å². The summed E-state index contributed by atoms with van der Waals surface area (Å²) in [5, 5.41) is 3.83. The van der Waals surface area contributed by atoms with Crippen LogP contribution in [0.3, 0.4) is 0 Å². The summed E-state index contributed by atoms with van der Waals surface area (Å²) in [5.41, 5.74) is 2.89. The maximum absolute atomic E-state index is 11.6. The molecule has 2 rings (SSSR count). The van der Waals surface area contributed by atoms with Gasteiger partial charge in [-0.15, -0.1) is 0 Å². The Morgan fingerprint density at radius 3 is 2.76 bits per heavy atom. The molecule has 4 nitrogen and oxygen atoms in total. The molecule has 0 bridgehead atoms. The van der Waals surface area contributed by atoms with E-state index < -0.39 is 6.09 Å². The molecular weight excluding hydrogens is 240 g/mol. The molecule has 0 aromatic heterocycles. The van der Waals surface area contributed by atoms with Gasteiger partial charge in [0.25, 0.3) is 0 Å². The number of rotatable bonds is 0. The molecule has 1 aromatic carbocycles. The minimum Gasteiger partial charge on any atom is -0.451 e. The zero-order valence-electron chi connectivity index (χ0n) is 9.90. The number of allylic oxidation sites excluding steroid dienone is 1. The Morgan fingerprint density at radius 2 is 2.12 bits per heavy atom. The molecule has 1 aliphatic rings. The smallest absolute Gasteiger partial charge is 0.432 e. The van der Waals surface area contributed by atoms with Crippen molar-refractivity contribution in [2.75, 3.05) is 19.2 Å². The number of amides is 1. The number of hydrazine groups is 1. The molecule has 0 saturated heterocycles. The first kappa shape index (κ1) is 11.8. The molecule has 1 amide bonds. The number of fused-ring (bicyclic) bond motifs is 1. The summed E-state index contributed by atoms with van der Waals surface area (Å²) < 4.78 is 4.72. The zero-order valence-corrected chi connectivity index (χ0v) is 10.7. The van der Waals surface area contributed by atoms with Crippen molar-refractivity contribution in [3.63, 3.8) is 0 Å². The largest absolute Gasteiger partial charge is 0.451 e. The highest BCUT2D eigenvalue weighted by Crippen LogP contribution is 2.34. The van der Waals surface area contributed by atoms with Crippen LogP contribution < -0.4 is 5.01 Å². The SMILES string of the molecule is COC(=O)N1C=C(C)c2cc(Cl)ccc2N1C. The molecule has 90 valence electrons. The average Bonchev–Trinajstić information content (AvgIpc) is 2.32. The Balaban J connectivity index is 2.49. The summed E-state index contributed by atoms with van der Waals surface area (Å²) in [5.74, 6) is 0. The fourth-order valence-corrected chi connectivity index (χ4v) is 2.00. The molecule has 0 atom stereocenters. The van der Waals surface area contributed by atoms with Crippen molar-refractivity contribution in [1.82, 2.24) is 5.01 Å². The van der Waals surface area contributed by atoms with Crippen LogP contribution in [0.2, 0.25) is 5.02 Å². The Kier molecular flexibility index (Phi) is 2.98. The Morgan fingerprint density at radius 1 is 1.41 bits per heavy atom. The molecule has 0 N–H and O–H groups in total. The van der Waals surface area contributed by atoms with E-state index in [0.29, 0.717) is 5.02 Å². The van der Waals surface area contributed by atoms with Crippen LogP contribution in [0.1, 0.15) is 12.5 Å². The number of nitrogens with zero attached hydrogens (tertiary/aromatic N) is 2. The summed E-state index contributed by atoms with van der Waals surface area (Å²) in [6, 6.07) is 5.56. The van der Waals surface area contributed by atoms with Gasteiger partial charge in [-0.25, -0.2) is 4.79 Å². The highest BCUT2D eigenvalue weighted by atomic mass is 35.5. The van der Waals surface area contributed by atoms with Crippen molar-refractivity contribution in [2.24, 2.45) is 0 Å². The number of methoxy groups -OCH3 is 1. The number of anilines is 1. The van der Waals surface area contributed by atoms with Gasteiger partial charge in [-0.2, -0.15) is 5.01 Å². The number of carbonyl (C=O) groups is 1. The van der Waals surface area contributed by atoms with Crippen molar-refractivity contribution >= 4 is 29.0 Å². The van der Waals surface area contributed by atoms with E-state index in [-0.39, 0.29) is 0 Å². The summed E-state index contributed by atoms with van der Waals surface area (Å²) in [6.45, 7) is 1.93. The predicted octanol–water partition coefficient (Wildman–Crippen LogP) is 3.13. The third-order valence-corrected chi connectivity index (χ3v) is 2.97. The van der Waals surface area contributed by atoms with Crippen LogP contribution in [0.4, 0.5) is 10.5 Å². The maximum atomic E-state index is 11.6. The monoisotopic (exact) mass is 252 g/mol. The van der Waals surface area contributed by atoms with Gasteiger partial charge in [0.15, 0.2) is 0 Å². The Hall–Kier alpha value is -1.68. The third-order valence-electron chi connectivity index (χ3n) is 2.73. The Labute approximate surface area is 105 Å². The van der Waals surface area contributed by atoms with Gasteiger partial charge in [-0.3, -0.25) is 5.01 Å². The quantitative estimate of drug-likeness (QED) is 0.711. The van der Waals surface area contributed by atoms with Crippen LogP contribution in [-0.2, 0) is 4.74 Å². The van der Waals surface area contributed by atoms with Crippen LogP contribution in [0.15, 0.2) is 24.4 Å². The van der Waals surface area contributed by atoms with Crippen LogP contribution in [-0.4, -0.2) is 25.3 Å². The lowest BCUT2D eigenvalue weighted by atomic mass is 10.0. The lowest BCUT2D eigenvalue weighted by Gasteiger charge is -2.35. The Bertz CT molecular complexity index is 499. The van der Waals surface area contributed by atoms with Gasteiger partial charge in [0.1, 0.15) is 0 Å². The van der Waals surface area contributed by atoms with Crippen molar-refractivity contribution in [2.45, 2.75) is 6.92 Å². The molecular formula is C12H13ClN2O2. The standard InChI is InChI=1S/C12H13ClN2O2/c1-8-7-15(12(16)17-3)14(2)11-5-4-9(13)6-10(8)11/h4-7H,1-3H3. The second-order valence-electron chi connectivity index (χ2n) is 3.81. The summed E-state index contributed by atoms with van der Waals surface area (Å²) in [4.78, 5) is 11.6. The fraction of sp³-hybridized carbons (Fsp3) is 0.250. The number of benzene rings is 1. The number of halogens is 1. The van der Waals surface area contributed by atoms with Crippen molar-refractivity contribution in [3.05, 3.63) is 35.0 Å². The summed E-state index contributed by atoms with van der Waals surface area (Å²) in [7, 11) is 3.16. The molecule has 0 aliphatic carbocycles. The minimum absolute atomic E-state index is 0.424. The van der Waals surface area contributed by atoms with Gasteiger partial charge in [-0.1, -0.05) is 11.6 Å². The maximum Gasteiger partial charge on any atom is 0.432 e. The number of carbonyl (C=O) groups excluding carboxylic acids is 1. The lowest BCUT2D eigenvalue weighted by Crippen LogP contribution is -2.42. The first-order valence-electron chi connectivity index (χ1n) is 5.13. The van der Waals surface area contributed by atoms with E-state index in [1.807, 2.05) is 19.1 Å². The van der Waals surface area contributed by atoms with Crippen LogP contribution in [0.5, 0.6) is 0 Å². The molecule has 0 fully saturated rings. The van der Waals surface area contributed by atoms with Gasteiger partial charge in [0, 0.05) is 23.8 Å². The molecule has 1 aromatic rings.